The van der Waals surface area contributed by atoms with Gasteiger partial charge in [0.15, 0.2) is 5.82 Å². The Morgan fingerprint density at radius 3 is 2.39 bits per heavy atom. The molecule has 0 N–H and O–H groups in total. The number of nitrogens with zero attached hydrogens (tertiary/aromatic N) is 7. The van der Waals surface area contributed by atoms with Crippen LogP contribution >= 0.6 is 0 Å². The number of para-hydroxylation sites is 1. The standard InChI is InChI=1S/C26H27N7/c1-17-16-32(4)26(28-17)19-12-10-18(11-13-19)14-21-24-23(33(5)30-21)15-27-25(29-24)20-8-6-7-9-22(20)31(2)3/h6-13,15-16H,14H2,1-5H3. The molecule has 7 nitrogen and oxygen atoms in total. The van der Waals surface area contributed by atoms with Gasteiger partial charge in [-0.3, -0.25) is 4.68 Å². The zero-order valence-electron chi connectivity index (χ0n) is 19.6. The molecule has 0 amide bonds. The molecule has 0 saturated heterocycles. The van der Waals surface area contributed by atoms with Crippen molar-refractivity contribution < 1.29 is 0 Å². The summed E-state index contributed by atoms with van der Waals surface area (Å²) in [6, 6.07) is 16.7. The molecule has 166 valence electrons. The van der Waals surface area contributed by atoms with Crippen LogP contribution in [-0.2, 0) is 20.5 Å². The summed E-state index contributed by atoms with van der Waals surface area (Å²) < 4.78 is 3.91. The predicted octanol–water partition coefficient (Wildman–Crippen LogP) is 4.40. The van der Waals surface area contributed by atoms with Crippen LogP contribution < -0.4 is 4.90 Å². The third-order valence-electron chi connectivity index (χ3n) is 5.87. The Labute approximate surface area is 193 Å². The number of anilines is 1. The van der Waals surface area contributed by atoms with Gasteiger partial charge in [-0.1, -0.05) is 36.4 Å². The van der Waals surface area contributed by atoms with Crippen LogP contribution in [0.15, 0.2) is 60.9 Å². The minimum absolute atomic E-state index is 0.697. The van der Waals surface area contributed by atoms with Crippen LogP contribution in [0, 0.1) is 6.92 Å². The normalized spacial score (nSPS) is 11.3. The largest absolute Gasteiger partial charge is 0.377 e. The van der Waals surface area contributed by atoms with Gasteiger partial charge in [-0.2, -0.15) is 5.10 Å². The minimum Gasteiger partial charge on any atom is -0.377 e. The molecule has 0 radical (unpaired) electrons. The summed E-state index contributed by atoms with van der Waals surface area (Å²) in [6.07, 6.45) is 4.60. The SMILES string of the molecule is Cc1cn(C)c(-c2ccc(Cc3nn(C)c4cnc(-c5ccccc5N(C)C)nc34)cc2)n1. The number of hydrogen-bond acceptors (Lipinski definition) is 5. The average molecular weight is 438 g/mol. The van der Waals surface area contributed by atoms with Gasteiger partial charge in [0.1, 0.15) is 16.9 Å². The Kier molecular flexibility index (Phi) is 5.17. The zero-order chi connectivity index (χ0) is 23.1. The summed E-state index contributed by atoms with van der Waals surface area (Å²) in [5.74, 6) is 1.68. The lowest BCUT2D eigenvalue weighted by molar-refractivity contribution is 0.773. The van der Waals surface area contributed by atoms with Gasteiger partial charge in [0, 0.05) is 57.6 Å². The molecule has 2 aromatic carbocycles. The predicted molar refractivity (Wildman–Crippen MR) is 132 cm³/mol. The molecular weight excluding hydrogens is 410 g/mol. The van der Waals surface area contributed by atoms with Crippen LogP contribution in [0.5, 0.6) is 0 Å². The topological polar surface area (TPSA) is 64.7 Å². The van der Waals surface area contributed by atoms with Gasteiger partial charge >= 0.3 is 0 Å². The number of aryl methyl sites for hydroxylation is 3. The molecule has 3 aromatic heterocycles. The average Bonchev–Trinajstić information content (AvgIpc) is 3.31. The monoisotopic (exact) mass is 437 g/mol. The van der Waals surface area contributed by atoms with E-state index in [0.29, 0.717) is 12.2 Å². The van der Waals surface area contributed by atoms with Gasteiger partial charge in [0.25, 0.3) is 0 Å². The summed E-state index contributed by atoms with van der Waals surface area (Å²) in [6.45, 7) is 2.01. The van der Waals surface area contributed by atoms with Crippen molar-refractivity contribution >= 4 is 16.7 Å². The maximum absolute atomic E-state index is 4.95. The highest BCUT2D eigenvalue weighted by molar-refractivity contribution is 5.82. The molecule has 0 aliphatic carbocycles. The number of rotatable bonds is 5. The molecule has 0 spiro atoms. The molecule has 0 atom stereocenters. The maximum atomic E-state index is 4.95. The Bertz CT molecular complexity index is 1440. The molecule has 5 rings (SSSR count). The molecule has 0 fully saturated rings. The number of fused-ring (bicyclic) bond motifs is 1. The van der Waals surface area contributed by atoms with Crippen molar-refractivity contribution in [2.24, 2.45) is 14.1 Å². The van der Waals surface area contributed by atoms with Crippen LogP contribution in [0.2, 0.25) is 0 Å². The summed E-state index contributed by atoms with van der Waals surface area (Å²) in [7, 11) is 8.02. The lowest BCUT2D eigenvalue weighted by atomic mass is 10.1. The first-order chi connectivity index (χ1) is 15.9. The molecule has 5 aromatic rings. The molecular formula is C26H27N7. The second kappa shape index (κ2) is 8.16. The van der Waals surface area contributed by atoms with Gasteiger partial charge < -0.3 is 9.47 Å². The second-order valence-corrected chi connectivity index (χ2v) is 8.60. The van der Waals surface area contributed by atoms with E-state index in [-0.39, 0.29) is 0 Å². The van der Waals surface area contributed by atoms with Gasteiger partial charge in [-0.25, -0.2) is 15.0 Å². The van der Waals surface area contributed by atoms with E-state index < -0.39 is 0 Å². The first-order valence-electron chi connectivity index (χ1n) is 11.0. The summed E-state index contributed by atoms with van der Waals surface area (Å²) in [5, 5.41) is 4.76. The zero-order valence-corrected chi connectivity index (χ0v) is 19.6. The van der Waals surface area contributed by atoms with Crippen molar-refractivity contribution in [3.8, 4) is 22.8 Å². The smallest absolute Gasteiger partial charge is 0.162 e. The van der Waals surface area contributed by atoms with Crippen molar-refractivity contribution in [1.29, 1.82) is 0 Å². The molecule has 7 heteroatoms. The van der Waals surface area contributed by atoms with E-state index in [2.05, 4.69) is 55.8 Å². The molecule has 0 aliphatic heterocycles. The van der Waals surface area contributed by atoms with Gasteiger partial charge in [0.2, 0.25) is 0 Å². The van der Waals surface area contributed by atoms with Gasteiger partial charge in [0.05, 0.1) is 17.6 Å². The quantitative estimate of drug-likeness (QED) is 0.408. The van der Waals surface area contributed by atoms with E-state index in [0.717, 1.165) is 45.1 Å². The maximum Gasteiger partial charge on any atom is 0.162 e. The lowest BCUT2D eigenvalue weighted by Gasteiger charge is -2.16. The summed E-state index contributed by atoms with van der Waals surface area (Å²) >= 11 is 0. The highest BCUT2D eigenvalue weighted by Crippen LogP contribution is 2.29. The number of hydrogen-bond donors (Lipinski definition) is 0. The molecule has 33 heavy (non-hydrogen) atoms. The third kappa shape index (κ3) is 3.86. The van der Waals surface area contributed by atoms with Crippen LogP contribution in [0.3, 0.4) is 0 Å². The molecule has 0 bridgehead atoms. The van der Waals surface area contributed by atoms with E-state index in [1.165, 1.54) is 5.56 Å². The van der Waals surface area contributed by atoms with Crippen LogP contribution in [-0.4, -0.2) is 43.4 Å². The second-order valence-electron chi connectivity index (χ2n) is 8.60. The highest BCUT2D eigenvalue weighted by atomic mass is 15.3. The van der Waals surface area contributed by atoms with Crippen molar-refractivity contribution in [3.05, 3.63) is 77.9 Å². The fourth-order valence-electron chi connectivity index (χ4n) is 4.26. The highest BCUT2D eigenvalue weighted by Gasteiger charge is 2.16. The van der Waals surface area contributed by atoms with Crippen LogP contribution in [0.4, 0.5) is 5.69 Å². The van der Waals surface area contributed by atoms with E-state index >= 15 is 0 Å². The van der Waals surface area contributed by atoms with E-state index in [9.17, 15) is 0 Å². The Balaban J connectivity index is 1.50. The fourth-order valence-corrected chi connectivity index (χ4v) is 4.26. The molecule has 3 heterocycles. The third-order valence-corrected chi connectivity index (χ3v) is 5.87. The van der Waals surface area contributed by atoms with Crippen molar-refractivity contribution in [1.82, 2.24) is 29.3 Å². The fraction of sp³-hybridized carbons (Fsp3) is 0.231. The van der Waals surface area contributed by atoms with Crippen LogP contribution in [0.25, 0.3) is 33.8 Å². The molecule has 0 saturated carbocycles. The van der Waals surface area contributed by atoms with Crippen LogP contribution in [0.1, 0.15) is 17.0 Å². The minimum atomic E-state index is 0.697. The Hall–Kier alpha value is -4.00. The van der Waals surface area contributed by atoms with Gasteiger partial charge in [-0.15, -0.1) is 0 Å². The Morgan fingerprint density at radius 1 is 0.939 bits per heavy atom. The van der Waals surface area contributed by atoms with Crippen molar-refractivity contribution in [3.63, 3.8) is 0 Å². The van der Waals surface area contributed by atoms with E-state index in [1.807, 2.05) is 64.3 Å². The summed E-state index contributed by atoms with van der Waals surface area (Å²) in [5.41, 5.74) is 8.15. The van der Waals surface area contributed by atoms with Gasteiger partial charge in [-0.05, 0) is 24.6 Å². The van der Waals surface area contributed by atoms with E-state index in [1.54, 1.807) is 0 Å². The number of benzene rings is 2. The van der Waals surface area contributed by atoms with E-state index in [4.69, 9.17) is 10.1 Å². The summed E-state index contributed by atoms with van der Waals surface area (Å²) in [4.78, 5) is 16.3. The van der Waals surface area contributed by atoms with Crippen molar-refractivity contribution in [2.75, 3.05) is 19.0 Å². The first-order valence-corrected chi connectivity index (χ1v) is 11.0. The number of imidazole rings is 1. The van der Waals surface area contributed by atoms with Crippen molar-refractivity contribution in [2.45, 2.75) is 13.3 Å². The first kappa shape index (κ1) is 20.9. The Morgan fingerprint density at radius 2 is 1.70 bits per heavy atom. The molecule has 0 unspecified atom stereocenters. The number of aromatic nitrogens is 6. The molecule has 0 aliphatic rings. The lowest BCUT2D eigenvalue weighted by Crippen LogP contribution is -2.10.